The smallest absolute Gasteiger partial charge is 0.328 e. The largest absolute Gasteiger partial charge is 0.480 e. The zero-order valence-corrected chi connectivity index (χ0v) is 11.4. The van der Waals surface area contributed by atoms with E-state index in [9.17, 15) is 4.79 Å². The number of aryl methyl sites for hydroxylation is 1. The maximum atomic E-state index is 11.0. The number of carboxylic acids is 1. The van der Waals surface area contributed by atoms with Gasteiger partial charge in [-0.25, -0.2) is 9.48 Å². The van der Waals surface area contributed by atoms with E-state index in [1.54, 1.807) is 0 Å². The summed E-state index contributed by atoms with van der Waals surface area (Å²) in [5.74, 6) is -0.548. The molecule has 2 rings (SSSR count). The van der Waals surface area contributed by atoms with Gasteiger partial charge in [-0.05, 0) is 51.8 Å². The normalized spacial score (nSPS) is 12.4. The summed E-state index contributed by atoms with van der Waals surface area (Å²) in [4.78, 5) is 11.0. The summed E-state index contributed by atoms with van der Waals surface area (Å²) in [7, 11) is 0. The van der Waals surface area contributed by atoms with Crippen molar-refractivity contribution in [1.82, 2.24) is 20.2 Å². The van der Waals surface area contributed by atoms with Crippen LogP contribution in [-0.4, -0.2) is 31.3 Å². The molecule has 94 valence electrons. The van der Waals surface area contributed by atoms with Crippen LogP contribution in [0, 0.1) is 6.92 Å². The first-order valence-corrected chi connectivity index (χ1v) is 6.08. The van der Waals surface area contributed by atoms with Gasteiger partial charge in [-0.3, -0.25) is 0 Å². The molecule has 0 radical (unpaired) electrons. The molecule has 1 aromatic heterocycles. The van der Waals surface area contributed by atoms with Crippen molar-refractivity contribution in [2.24, 2.45) is 0 Å². The molecule has 6 nitrogen and oxygen atoms in total. The summed E-state index contributed by atoms with van der Waals surface area (Å²) in [5.41, 5.74) is 1.80. The quantitative estimate of drug-likeness (QED) is 0.938. The number of halogens is 1. The molecule has 7 heteroatoms. The van der Waals surface area contributed by atoms with E-state index in [1.165, 1.54) is 11.6 Å². The Morgan fingerprint density at radius 3 is 2.89 bits per heavy atom. The van der Waals surface area contributed by atoms with Gasteiger partial charge in [0.15, 0.2) is 11.9 Å². The van der Waals surface area contributed by atoms with Gasteiger partial charge in [-0.2, -0.15) is 0 Å². The molecule has 0 aliphatic rings. The van der Waals surface area contributed by atoms with Crippen LogP contribution in [0.1, 0.15) is 18.5 Å². The van der Waals surface area contributed by atoms with Crippen molar-refractivity contribution in [3.05, 3.63) is 28.2 Å². The molecule has 0 amide bonds. The zero-order chi connectivity index (χ0) is 13.3. The Bertz CT molecular complexity index is 596. The fourth-order valence-corrected chi connectivity index (χ4v) is 2.00. The van der Waals surface area contributed by atoms with Crippen molar-refractivity contribution >= 4 is 21.9 Å². The molecule has 1 atom stereocenters. The number of rotatable bonds is 3. The van der Waals surface area contributed by atoms with Crippen molar-refractivity contribution in [3.8, 4) is 11.4 Å². The van der Waals surface area contributed by atoms with Gasteiger partial charge in [0.05, 0.1) is 0 Å². The highest BCUT2D eigenvalue weighted by molar-refractivity contribution is 9.10. The van der Waals surface area contributed by atoms with Gasteiger partial charge in [0.1, 0.15) is 0 Å². The third kappa shape index (κ3) is 2.13. The highest BCUT2D eigenvalue weighted by Crippen LogP contribution is 2.29. The summed E-state index contributed by atoms with van der Waals surface area (Å²) in [6.07, 6.45) is 0. The van der Waals surface area contributed by atoms with Gasteiger partial charge in [-0.1, -0.05) is 12.1 Å². The Kier molecular flexibility index (Phi) is 3.42. The summed E-state index contributed by atoms with van der Waals surface area (Å²) >= 11 is 3.47. The van der Waals surface area contributed by atoms with Crippen LogP contribution in [0.3, 0.4) is 0 Å². The monoisotopic (exact) mass is 310 g/mol. The van der Waals surface area contributed by atoms with Crippen LogP contribution in [0.5, 0.6) is 0 Å². The summed E-state index contributed by atoms with van der Waals surface area (Å²) in [6, 6.07) is 4.85. The van der Waals surface area contributed by atoms with E-state index >= 15 is 0 Å². The number of tetrazole rings is 1. The molecule has 0 bridgehead atoms. The Labute approximate surface area is 112 Å². The first kappa shape index (κ1) is 12.7. The molecule has 0 saturated carbocycles. The number of hydrogen-bond acceptors (Lipinski definition) is 4. The second-order valence-electron chi connectivity index (χ2n) is 3.90. The Morgan fingerprint density at radius 2 is 2.22 bits per heavy atom. The highest BCUT2D eigenvalue weighted by atomic mass is 79.9. The van der Waals surface area contributed by atoms with Crippen LogP contribution in [0.15, 0.2) is 22.7 Å². The van der Waals surface area contributed by atoms with Gasteiger partial charge in [0.25, 0.3) is 0 Å². The van der Waals surface area contributed by atoms with E-state index in [-0.39, 0.29) is 0 Å². The number of aromatic nitrogens is 4. The minimum atomic E-state index is -0.979. The summed E-state index contributed by atoms with van der Waals surface area (Å²) in [6.45, 7) is 3.48. The zero-order valence-electron chi connectivity index (χ0n) is 9.83. The molecule has 0 aliphatic carbocycles. The summed E-state index contributed by atoms with van der Waals surface area (Å²) in [5, 5.41) is 20.2. The molecule has 1 heterocycles. The predicted molar refractivity (Wildman–Crippen MR) is 68.0 cm³/mol. The molecular formula is C11H11BrN4O2. The average Bonchev–Trinajstić information content (AvgIpc) is 2.80. The predicted octanol–water partition coefficient (Wildman–Crippen LogP) is 2.06. The first-order valence-electron chi connectivity index (χ1n) is 5.28. The number of carbonyl (C=O) groups is 1. The van der Waals surface area contributed by atoms with Crippen LogP contribution < -0.4 is 0 Å². The number of carboxylic acid groups (broad SMARTS) is 1. The minimum absolute atomic E-state index is 0.431. The van der Waals surface area contributed by atoms with E-state index in [2.05, 4.69) is 31.5 Å². The van der Waals surface area contributed by atoms with Gasteiger partial charge in [-0.15, -0.1) is 5.10 Å². The van der Waals surface area contributed by atoms with Gasteiger partial charge < -0.3 is 5.11 Å². The second-order valence-corrected chi connectivity index (χ2v) is 4.69. The van der Waals surface area contributed by atoms with E-state index in [0.29, 0.717) is 5.82 Å². The van der Waals surface area contributed by atoms with Gasteiger partial charge in [0.2, 0.25) is 0 Å². The maximum Gasteiger partial charge on any atom is 0.328 e. The topological polar surface area (TPSA) is 80.9 Å². The number of benzene rings is 1. The Balaban J connectivity index is 2.56. The molecular weight excluding hydrogens is 300 g/mol. The molecule has 1 unspecified atom stereocenters. The Hall–Kier alpha value is -1.76. The van der Waals surface area contributed by atoms with Crippen LogP contribution in [0.25, 0.3) is 11.4 Å². The fraction of sp³-hybridized carbons (Fsp3) is 0.273. The standard InChI is InChI=1S/C11H11BrN4O2/c1-6-4-3-5-8(9(6)12)10-13-14-15-16(10)7(2)11(17)18/h3-5,7H,1-2H3,(H,17,18). The van der Waals surface area contributed by atoms with Crippen molar-refractivity contribution in [3.63, 3.8) is 0 Å². The lowest BCUT2D eigenvalue weighted by Crippen LogP contribution is -2.18. The van der Waals surface area contributed by atoms with E-state index < -0.39 is 12.0 Å². The van der Waals surface area contributed by atoms with Gasteiger partial charge in [0, 0.05) is 10.0 Å². The van der Waals surface area contributed by atoms with Crippen LogP contribution >= 0.6 is 15.9 Å². The van der Waals surface area contributed by atoms with Crippen molar-refractivity contribution in [2.45, 2.75) is 19.9 Å². The lowest BCUT2D eigenvalue weighted by molar-refractivity contribution is -0.140. The van der Waals surface area contributed by atoms with Crippen LogP contribution in [-0.2, 0) is 4.79 Å². The second kappa shape index (κ2) is 4.85. The van der Waals surface area contributed by atoms with Crippen molar-refractivity contribution in [2.75, 3.05) is 0 Å². The molecule has 2 aromatic rings. The molecule has 1 aromatic carbocycles. The summed E-state index contributed by atoms with van der Waals surface area (Å²) < 4.78 is 2.15. The lowest BCUT2D eigenvalue weighted by Gasteiger charge is -2.10. The van der Waals surface area contributed by atoms with E-state index in [4.69, 9.17) is 5.11 Å². The molecule has 0 saturated heterocycles. The Morgan fingerprint density at radius 1 is 1.50 bits per heavy atom. The minimum Gasteiger partial charge on any atom is -0.480 e. The lowest BCUT2D eigenvalue weighted by atomic mass is 10.1. The third-order valence-corrected chi connectivity index (χ3v) is 3.70. The number of aliphatic carboxylic acids is 1. The van der Waals surface area contributed by atoms with Crippen molar-refractivity contribution < 1.29 is 9.90 Å². The third-order valence-electron chi connectivity index (χ3n) is 2.65. The molecule has 0 aliphatic heterocycles. The maximum absolute atomic E-state index is 11.0. The molecule has 0 spiro atoms. The van der Waals surface area contributed by atoms with E-state index in [1.807, 2.05) is 25.1 Å². The highest BCUT2D eigenvalue weighted by Gasteiger charge is 2.21. The molecule has 0 fully saturated rings. The number of hydrogen-bond donors (Lipinski definition) is 1. The van der Waals surface area contributed by atoms with Crippen molar-refractivity contribution in [1.29, 1.82) is 0 Å². The number of nitrogens with zero attached hydrogens (tertiary/aromatic N) is 4. The fourth-order valence-electron chi connectivity index (χ4n) is 1.56. The van der Waals surface area contributed by atoms with Gasteiger partial charge >= 0.3 is 5.97 Å². The first-order chi connectivity index (χ1) is 8.52. The van der Waals surface area contributed by atoms with E-state index in [0.717, 1.165) is 15.6 Å². The van der Waals surface area contributed by atoms with Crippen LogP contribution in [0.4, 0.5) is 0 Å². The SMILES string of the molecule is Cc1cccc(-c2nnnn2C(C)C(=O)O)c1Br. The average molecular weight is 311 g/mol. The van der Waals surface area contributed by atoms with Crippen LogP contribution in [0.2, 0.25) is 0 Å². The molecule has 18 heavy (non-hydrogen) atoms. The molecule has 1 N–H and O–H groups in total.